The summed E-state index contributed by atoms with van der Waals surface area (Å²) in [6, 6.07) is 3.44. The van der Waals surface area contributed by atoms with E-state index >= 15 is 0 Å². The molecule has 1 aromatic carbocycles. The second-order valence-electron chi connectivity index (χ2n) is 5.18. The molecule has 1 unspecified atom stereocenters. The van der Waals surface area contributed by atoms with Crippen molar-refractivity contribution in [3.05, 3.63) is 28.3 Å². The van der Waals surface area contributed by atoms with Crippen LogP contribution in [0.3, 0.4) is 0 Å². The van der Waals surface area contributed by atoms with Crippen molar-refractivity contribution >= 4 is 0 Å². The molecule has 86 valence electrons. The van der Waals surface area contributed by atoms with Gasteiger partial charge in [0, 0.05) is 11.6 Å². The zero-order chi connectivity index (χ0) is 11.3. The molecular weight excluding hydrogens is 198 g/mol. The Kier molecular flexibility index (Phi) is 2.21. The van der Waals surface area contributed by atoms with Crippen molar-refractivity contribution in [1.82, 2.24) is 5.32 Å². The van der Waals surface area contributed by atoms with Gasteiger partial charge in [-0.3, -0.25) is 0 Å². The van der Waals surface area contributed by atoms with Crippen LogP contribution in [-0.2, 0) is 0 Å². The average Bonchev–Trinajstić information content (AvgIpc) is 2.93. The molecule has 1 fully saturated rings. The van der Waals surface area contributed by atoms with Crippen LogP contribution in [0.5, 0.6) is 5.75 Å². The Labute approximate surface area is 97.0 Å². The molecule has 0 amide bonds. The Morgan fingerprint density at radius 1 is 1.19 bits per heavy atom. The fourth-order valence-electron chi connectivity index (χ4n) is 2.61. The highest BCUT2D eigenvalue weighted by atomic mass is 16.5. The highest BCUT2D eigenvalue weighted by Gasteiger charge is 2.32. The van der Waals surface area contributed by atoms with Crippen molar-refractivity contribution in [2.75, 3.05) is 6.61 Å². The first-order chi connectivity index (χ1) is 7.66. The fourth-order valence-corrected chi connectivity index (χ4v) is 2.61. The third-order valence-electron chi connectivity index (χ3n) is 3.79. The molecule has 2 heteroatoms. The predicted octanol–water partition coefficient (Wildman–Crippen LogP) is 2.80. The van der Waals surface area contributed by atoms with Gasteiger partial charge in [0.1, 0.15) is 12.4 Å². The lowest BCUT2D eigenvalue weighted by molar-refractivity contribution is 0.308. The van der Waals surface area contributed by atoms with E-state index in [9.17, 15) is 0 Å². The van der Waals surface area contributed by atoms with Crippen LogP contribution in [0.2, 0.25) is 0 Å². The molecule has 1 aromatic rings. The minimum atomic E-state index is 0.418. The maximum atomic E-state index is 5.87. The van der Waals surface area contributed by atoms with Crippen molar-refractivity contribution in [2.45, 2.75) is 45.7 Å². The van der Waals surface area contributed by atoms with Gasteiger partial charge in [0.15, 0.2) is 0 Å². The summed E-state index contributed by atoms with van der Waals surface area (Å²) in [7, 11) is 0. The van der Waals surface area contributed by atoms with E-state index in [0.29, 0.717) is 6.04 Å². The van der Waals surface area contributed by atoms with E-state index in [1.54, 1.807) is 0 Å². The van der Waals surface area contributed by atoms with E-state index in [-0.39, 0.29) is 0 Å². The highest BCUT2D eigenvalue weighted by Crippen LogP contribution is 2.40. The first-order valence-electron chi connectivity index (χ1n) is 6.16. The predicted molar refractivity (Wildman–Crippen MR) is 65.0 cm³/mol. The number of hydrogen-bond acceptors (Lipinski definition) is 2. The van der Waals surface area contributed by atoms with Crippen molar-refractivity contribution in [3.63, 3.8) is 0 Å². The number of rotatable bonds is 2. The highest BCUT2D eigenvalue weighted by molar-refractivity contribution is 5.53. The minimum absolute atomic E-state index is 0.418. The van der Waals surface area contributed by atoms with Gasteiger partial charge >= 0.3 is 0 Å². The van der Waals surface area contributed by atoms with Crippen LogP contribution in [0.1, 0.15) is 41.1 Å². The van der Waals surface area contributed by atoms with E-state index in [1.165, 1.54) is 35.1 Å². The van der Waals surface area contributed by atoms with Crippen molar-refractivity contribution in [2.24, 2.45) is 0 Å². The molecule has 1 saturated carbocycles. The summed E-state index contributed by atoms with van der Waals surface area (Å²) in [5, 5.41) is 3.67. The molecule has 1 atom stereocenters. The van der Waals surface area contributed by atoms with Crippen LogP contribution in [0.25, 0.3) is 0 Å². The minimum Gasteiger partial charge on any atom is -0.491 e. The van der Waals surface area contributed by atoms with Gasteiger partial charge in [0.05, 0.1) is 6.04 Å². The van der Waals surface area contributed by atoms with E-state index in [2.05, 4.69) is 32.2 Å². The van der Waals surface area contributed by atoms with Gasteiger partial charge in [-0.05, 0) is 50.3 Å². The summed E-state index contributed by atoms with van der Waals surface area (Å²) in [6.07, 6.45) is 2.66. The molecule has 2 nitrogen and oxygen atoms in total. The molecule has 0 bridgehead atoms. The molecule has 1 N–H and O–H groups in total. The van der Waals surface area contributed by atoms with Crippen LogP contribution in [0.15, 0.2) is 6.07 Å². The maximum Gasteiger partial charge on any atom is 0.127 e. The molecule has 3 rings (SSSR count). The average molecular weight is 217 g/mol. The largest absolute Gasteiger partial charge is 0.491 e. The molecular formula is C14H19NO. The maximum absolute atomic E-state index is 5.87. The first-order valence-corrected chi connectivity index (χ1v) is 6.16. The monoisotopic (exact) mass is 217 g/mol. The summed E-state index contributed by atoms with van der Waals surface area (Å²) in [4.78, 5) is 0. The Morgan fingerprint density at radius 2 is 1.94 bits per heavy atom. The van der Waals surface area contributed by atoms with Crippen LogP contribution < -0.4 is 10.1 Å². The third-order valence-corrected chi connectivity index (χ3v) is 3.79. The number of benzene rings is 1. The molecule has 0 spiro atoms. The van der Waals surface area contributed by atoms with Gasteiger partial charge in [0.25, 0.3) is 0 Å². The summed E-state index contributed by atoms with van der Waals surface area (Å²) in [6.45, 7) is 7.32. The molecule has 1 aliphatic heterocycles. The molecule has 1 heterocycles. The summed E-state index contributed by atoms with van der Waals surface area (Å²) >= 11 is 0. The van der Waals surface area contributed by atoms with Gasteiger partial charge in [-0.15, -0.1) is 0 Å². The van der Waals surface area contributed by atoms with E-state index < -0.39 is 0 Å². The van der Waals surface area contributed by atoms with Crippen LogP contribution in [0.4, 0.5) is 0 Å². The zero-order valence-electron chi connectivity index (χ0n) is 10.3. The lowest BCUT2D eigenvalue weighted by Gasteiger charge is -2.14. The van der Waals surface area contributed by atoms with E-state index in [0.717, 1.165) is 18.4 Å². The van der Waals surface area contributed by atoms with Crippen molar-refractivity contribution in [1.29, 1.82) is 0 Å². The summed E-state index contributed by atoms with van der Waals surface area (Å²) < 4.78 is 5.87. The quantitative estimate of drug-likeness (QED) is 0.822. The lowest BCUT2D eigenvalue weighted by Crippen LogP contribution is -2.24. The second kappa shape index (κ2) is 3.49. The van der Waals surface area contributed by atoms with E-state index in [4.69, 9.17) is 4.74 Å². The Morgan fingerprint density at radius 3 is 2.62 bits per heavy atom. The fraction of sp³-hybridized carbons (Fsp3) is 0.571. The summed E-state index contributed by atoms with van der Waals surface area (Å²) in [5.74, 6) is 1.13. The van der Waals surface area contributed by atoms with Gasteiger partial charge in [-0.25, -0.2) is 0 Å². The zero-order valence-corrected chi connectivity index (χ0v) is 10.3. The topological polar surface area (TPSA) is 21.3 Å². The number of aryl methyl sites for hydroxylation is 2. The van der Waals surface area contributed by atoms with Crippen LogP contribution in [0, 0.1) is 20.8 Å². The molecule has 1 aliphatic carbocycles. The number of hydrogen-bond donors (Lipinski definition) is 1. The Hall–Kier alpha value is -1.02. The molecule has 16 heavy (non-hydrogen) atoms. The van der Waals surface area contributed by atoms with E-state index in [1.807, 2.05) is 0 Å². The molecule has 0 aromatic heterocycles. The lowest BCUT2D eigenvalue weighted by atomic mass is 9.96. The Balaban J connectivity index is 2.00. The van der Waals surface area contributed by atoms with Gasteiger partial charge < -0.3 is 10.1 Å². The van der Waals surface area contributed by atoms with Gasteiger partial charge in [0.2, 0.25) is 0 Å². The standard InChI is InChI=1S/C14H19NO/c1-8-6-9(2)13-12(15-11-4-5-11)7-16-14(13)10(8)3/h6,11-12,15H,4-5,7H2,1-3H3. The van der Waals surface area contributed by atoms with Crippen molar-refractivity contribution < 1.29 is 4.74 Å². The van der Waals surface area contributed by atoms with Crippen LogP contribution >= 0.6 is 0 Å². The van der Waals surface area contributed by atoms with Crippen LogP contribution in [-0.4, -0.2) is 12.6 Å². The molecule has 0 saturated heterocycles. The smallest absolute Gasteiger partial charge is 0.127 e. The SMILES string of the molecule is Cc1cc(C)c2c(c1C)OCC2NC1CC1. The van der Waals surface area contributed by atoms with Crippen molar-refractivity contribution in [3.8, 4) is 5.75 Å². The van der Waals surface area contributed by atoms with Gasteiger partial charge in [-0.1, -0.05) is 6.07 Å². The summed E-state index contributed by atoms with van der Waals surface area (Å²) in [5.41, 5.74) is 5.41. The normalized spacial score (nSPS) is 23.1. The number of ether oxygens (including phenoxy) is 1. The third kappa shape index (κ3) is 1.52. The molecule has 2 aliphatic rings. The number of fused-ring (bicyclic) bond motifs is 1. The molecule has 0 radical (unpaired) electrons. The second-order valence-corrected chi connectivity index (χ2v) is 5.18. The first kappa shape index (κ1) is 10.2. The Bertz CT molecular complexity index is 435. The number of nitrogens with one attached hydrogen (secondary N) is 1. The van der Waals surface area contributed by atoms with Gasteiger partial charge in [-0.2, -0.15) is 0 Å².